The quantitative estimate of drug-likeness (QED) is 0.853. The predicted molar refractivity (Wildman–Crippen MR) is 67.5 cm³/mol. The Morgan fingerprint density at radius 3 is 3.18 bits per heavy atom. The maximum Gasteiger partial charge on any atom is 0.169 e. The molecule has 0 radical (unpaired) electrons. The number of rotatable bonds is 5. The average Bonchev–Trinajstić information content (AvgIpc) is 2.74. The standard InChI is InChI=1S/C13H20N2O2/c1-3-8-17-12-5-4-7-14-13(12)15-11-6-9-16-10(11)2/h4-5,7,10-11H,3,6,8-9H2,1-2H3,(H,14,15). The first-order valence-electron chi connectivity index (χ1n) is 6.27. The molecule has 1 aliphatic rings. The van der Waals surface area contributed by atoms with Crippen molar-refractivity contribution in [3.8, 4) is 5.75 Å². The summed E-state index contributed by atoms with van der Waals surface area (Å²) in [5, 5.41) is 3.41. The fraction of sp³-hybridized carbons (Fsp3) is 0.615. The topological polar surface area (TPSA) is 43.4 Å². The van der Waals surface area contributed by atoms with Crippen LogP contribution in [0.5, 0.6) is 5.75 Å². The first-order chi connectivity index (χ1) is 8.31. The van der Waals surface area contributed by atoms with Crippen LogP contribution in [0.15, 0.2) is 18.3 Å². The third kappa shape index (κ3) is 3.09. The molecule has 0 bridgehead atoms. The van der Waals surface area contributed by atoms with Crippen molar-refractivity contribution in [1.29, 1.82) is 0 Å². The molecular weight excluding hydrogens is 216 g/mol. The van der Waals surface area contributed by atoms with Gasteiger partial charge in [0.05, 0.1) is 18.8 Å². The summed E-state index contributed by atoms with van der Waals surface area (Å²) < 4.78 is 11.2. The van der Waals surface area contributed by atoms with Gasteiger partial charge in [0.1, 0.15) is 0 Å². The van der Waals surface area contributed by atoms with E-state index >= 15 is 0 Å². The van der Waals surface area contributed by atoms with Crippen molar-refractivity contribution in [2.75, 3.05) is 18.5 Å². The van der Waals surface area contributed by atoms with Gasteiger partial charge >= 0.3 is 0 Å². The van der Waals surface area contributed by atoms with Crippen LogP contribution in [0.1, 0.15) is 26.7 Å². The van der Waals surface area contributed by atoms with Crippen LogP contribution in [-0.2, 0) is 4.74 Å². The van der Waals surface area contributed by atoms with Crippen LogP contribution in [0.3, 0.4) is 0 Å². The number of hydrogen-bond donors (Lipinski definition) is 1. The minimum Gasteiger partial charge on any atom is -0.490 e. The minimum absolute atomic E-state index is 0.232. The highest BCUT2D eigenvalue weighted by molar-refractivity contribution is 5.50. The Balaban J connectivity index is 2.03. The summed E-state index contributed by atoms with van der Waals surface area (Å²) >= 11 is 0. The van der Waals surface area contributed by atoms with Crippen molar-refractivity contribution in [2.24, 2.45) is 0 Å². The van der Waals surface area contributed by atoms with Crippen molar-refractivity contribution in [2.45, 2.75) is 38.8 Å². The van der Waals surface area contributed by atoms with Crippen LogP contribution >= 0.6 is 0 Å². The molecule has 0 saturated carbocycles. The molecule has 4 nitrogen and oxygen atoms in total. The van der Waals surface area contributed by atoms with E-state index in [1.54, 1.807) is 6.20 Å². The first kappa shape index (κ1) is 12.2. The van der Waals surface area contributed by atoms with Gasteiger partial charge in [-0.3, -0.25) is 0 Å². The van der Waals surface area contributed by atoms with Gasteiger partial charge in [-0.05, 0) is 31.9 Å². The highest BCUT2D eigenvalue weighted by Crippen LogP contribution is 2.25. The van der Waals surface area contributed by atoms with Gasteiger partial charge in [0, 0.05) is 12.8 Å². The lowest BCUT2D eigenvalue weighted by Crippen LogP contribution is -2.27. The number of pyridine rings is 1. The van der Waals surface area contributed by atoms with Gasteiger partial charge in [-0.2, -0.15) is 0 Å². The highest BCUT2D eigenvalue weighted by atomic mass is 16.5. The summed E-state index contributed by atoms with van der Waals surface area (Å²) in [5.41, 5.74) is 0. The molecular formula is C13H20N2O2. The number of ether oxygens (including phenoxy) is 2. The zero-order valence-electron chi connectivity index (χ0n) is 10.5. The van der Waals surface area contributed by atoms with E-state index in [2.05, 4.69) is 24.1 Å². The molecule has 0 aromatic carbocycles. The molecule has 1 aliphatic heterocycles. The second kappa shape index (κ2) is 5.87. The largest absolute Gasteiger partial charge is 0.490 e. The van der Waals surface area contributed by atoms with Crippen molar-refractivity contribution >= 4 is 5.82 Å². The molecule has 4 heteroatoms. The van der Waals surface area contributed by atoms with Gasteiger partial charge in [-0.15, -0.1) is 0 Å². The van der Waals surface area contributed by atoms with Crippen LogP contribution < -0.4 is 10.1 Å². The SMILES string of the molecule is CCCOc1cccnc1NC1CCOC1C. The Labute approximate surface area is 102 Å². The number of nitrogens with one attached hydrogen (secondary N) is 1. The van der Waals surface area contributed by atoms with Crippen LogP contribution in [0.4, 0.5) is 5.82 Å². The molecule has 0 spiro atoms. The van der Waals surface area contributed by atoms with E-state index in [1.807, 2.05) is 12.1 Å². The zero-order valence-corrected chi connectivity index (χ0v) is 10.5. The Kier molecular flexibility index (Phi) is 4.20. The summed E-state index contributed by atoms with van der Waals surface area (Å²) in [6.07, 6.45) is 4.03. The summed E-state index contributed by atoms with van der Waals surface area (Å²) in [7, 11) is 0. The fourth-order valence-electron chi connectivity index (χ4n) is 1.92. The van der Waals surface area contributed by atoms with Crippen molar-refractivity contribution in [1.82, 2.24) is 4.98 Å². The maximum absolute atomic E-state index is 5.67. The molecule has 17 heavy (non-hydrogen) atoms. The molecule has 1 N–H and O–H groups in total. The number of aromatic nitrogens is 1. The second-order valence-electron chi connectivity index (χ2n) is 4.31. The summed E-state index contributed by atoms with van der Waals surface area (Å²) in [6, 6.07) is 4.17. The van der Waals surface area contributed by atoms with Crippen molar-refractivity contribution < 1.29 is 9.47 Å². The average molecular weight is 236 g/mol. The predicted octanol–water partition coefficient (Wildman–Crippen LogP) is 2.46. The third-order valence-corrected chi connectivity index (χ3v) is 2.93. The lowest BCUT2D eigenvalue weighted by molar-refractivity contribution is 0.121. The molecule has 94 valence electrons. The summed E-state index contributed by atoms with van der Waals surface area (Å²) in [4.78, 5) is 4.34. The first-order valence-corrected chi connectivity index (χ1v) is 6.27. The molecule has 2 rings (SSSR count). The third-order valence-electron chi connectivity index (χ3n) is 2.93. The normalized spacial score (nSPS) is 23.6. The molecule has 2 atom stereocenters. The Morgan fingerprint density at radius 1 is 1.59 bits per heavy atom. The zero-order chi connectivity index (χ0) is 12.1. The lowest BCUT2D eigenvalue weighted by Gasteiger charge is -2.18. The van der Waals surface area contributed by atoms with E-state index in [1.165, 1.54) is 0 Å². The Hall–Kier alpha value is -1.29. The van der Waals surface area contributed by atoms with E-state index in [4.69, 9.17) is 9.47 Å². The smallest absolute Gasteiger partial charge is 0.169 e. The van der Waals surface area contributed by atoms with E-state index in [0.29, 0.717) is 6.04 Å². The van der Waals surface area contributed by atoms with Gasteiger partial charge in [0.2, 0.25) is 0 Å². The second-order valence-corrected chi connectivity index (χ2v) is 4.31. The van der Waals surface area contributed by atoms with Crippen LogP contribution in [0.25, 0.3) is 0 Å². The highest BCUT2D eigenvalue weighted by Gasteiger charge is 2.25. The van der Waals surface area contributed by atoms with Crippen molar-refractivity contribution in [3.63, 3.8) is 0 Å². The van der Waals surface area contributed by atoms with Crippen LogP contribution in [0, 0.1) is 0 Å². The van der Waals surface area contributed by atoms with Gasteiger partial charge in [0.25, 0.3) is 0 Å². The molecule has 2 unspecified atom stereocenters. The molecule has 1 fully saturated rings. The van der Waals surface area contributed by atoms with Gasteiger partial charge in [-0.1, -0.05) is 6.92 Å². The monoisotopic (exact) mass is 236 g/mol. The van der Waals surface area contributed by atoms with Crippen molar-refractivity contribution in [3.05, 3.63) is 18.3 Å². The fourth-order valence-corrected chi connectivity index (χ4v) is 1.92. The number of nitrogens with zero attached hydrogens (tertiary/aromatic N) is 1. The molecule has 2 heterocycles. The van der Waals surface area contributed by atoms with E-state index in [-0.39, 0.29) is 6.10 Å². The molecule has 1 aromatic heterocycles. The van der Waals surface area contributed by atoms with Crippen LogP contribution in [-0.4, -0.2) is 30.3 Å². The Bertz CT molecular complexity index is 357. The summed E-state index contributed by atoms with van der Waals surface area (Å²) in [5.74, 6) is 1.65. The molecule has 0 aliphatic carbocycles. The Morgan fingerprint density at radius 2 is 2.47 bits per heavy atom. The summed E-state index contributed by atoms with van der Waals surface area (Å²) in [6.45, 7) is 5.71. The van der Waals surface area contributed by atoms with E-state index in [0.717, 1.165) is 37.6 Å². The molecule has 1 saturated heterocycles. The lowest BCUT2D eigenvalue weighted by atomic mass is 10.1. The molecule has 1 aromatic rings. The van der Waals surface area contributed by atoms with E-state index in [9.17, 15) is 0 Å². The number of hydrogen-bond acceptors (Lipinski definition) is 4. The number of anilines is 1. The maximum atomic E-state index is 5.67. The van der Waals surface area contributed by atoms with Gasteiger partial charge in [-0.25, -0.2) is 4.98 Å². The minimum atomic E-state index is 0.232. The van der Waals surface area contributed by atoms with Crippen LogP contribution in [0.2, 0.25) is 0 Å². The van der Waals surface area contributed by atoms with Gasteiger partial charge < -0.3 is 14.8 Å². The van der Waals surface area contributed by atoms with E-state index < -0.39 is 0 Å². The van der Waals surface area contributed by atoms with Gasteiger partial charge in [0.15, 0.2) is 11.6 Å². The molecule has 0 amide bonds.